The molecule has 0 aliphatic rings. The first kappa shape index (κ1) is 9.18. The van der Waals surface area contributed by atoms with Crippen LogP contribution in [-0.4, -0.2) is 5.03 Å². The monoisotopic (exact) mass is 105 g/mol. The van der Waals surface area contributed by atoms with Crippen LogP contribution in [0.2, 0.25) is 0 Å². The molecule has 0 aromatic heterocycles. The van der Waals surface area contributed by atoms with Gasteiger partial charge in [0.05, 0.1) is 4.91 Å². The van der Waals surface area contributed by atoms with Crippen LogP contribution in [0, 0.1) is 10.1 Å². The van der Waals surface area contributed by atoms with Gasteiger partial charge in [-0.3, -0.25) is 0 Å². The van der Waals surface area contributed by atoms with Crippen molar-refractivity contribution >= 4 is 0 Å². The maximum atomic E-state index is 8.98. The van der Waals surface area contributed by atoms with E-state index in [1.54, 1.807) is 0 Å². The van der Waals surface area contributed by atoms with E-state index >= 15 is 0 Å². The Morgan fingerprint density at radius 1 is 1.86 bits per heavy atom. The smallest absolute Gasteiger partial charge is 0.261 e. The second-order valence-corrected chi connectivity index (χ2v) is 0.417. The van der Waals surface area contributed by atoms with Crippen LogP contribution < -0.4 is 6.15 Å². The minimum Gasteiger partial charge on any atom is -0.344 e. The Hall–Kier alpha value is -1.33. The second-order valence-electron chi connectivity index (χ2n) is 0.417. The summed E-state index contributed by atoms with van der Waals surface area (Å²) in [4.78, 5) is 10.8. The van der Waals surface area contributed by atoms with Crippen molar-refractivity contribution in [3.05, 3.63) is 20.6 Å². The summed E-state index contributed by atoms with van der Waals surface area (Å²) in [6.45, 7) is 0. The number of nitrogens with zero attached hydrogens (tertiary/aromatic N) is 4. The first-order valence-corrected chi connectivity index (χ1v) is 0.965. The van der Waals surface area contributed by atoms with Crippen LogP contribution >= 0.6 is 0 Å². The number of rotatable bonds is 1. The Morgan fingerprint density at radius 2 is 2.29 bits per heavy atom. The van der Waals surface area contributed by atoms with E-state index < -0.39 is 5.03 Å². The van der Waals surface area contributed by atoms with Gasteiger partial charge in [-0.05, 0) is 0 Å². The van der Waals surface area contributed by atoms with E-state index in [9.17, 15) is 0 Å². The van der Waals surface area contributed by atoms with Crippen LogP contribution in [0.1, 0.15) is 0 Å². The molecule has 0 aromatic rings. The molecular weight excluding hydrogens is 102 g/mol. The van der Waals surface area contributed by atoms with Crippen LogP contribution in [0.5, 0.6) is 0 Å². The highest BCUT2D eigenvalue weighted by molar-refractivity contribution is 4.27. The van der Waals surface area contributed by atoms with Gasteiger partial charge >= 0.3 is 0 Å². The quantitative estimate of drug-likeness (QED) is 0.173. The van der Waals surface area contributed by atoms with Crippen LogP contribution in [-0.2, 0) is 0 Å². The lowest BCUT2D eigenvalue weighted by Crippen LogP contribution is -1.77. The van der Waals surface area contributed by atoms with E-state index in [4.69, 9.17) is 15.6 Å². The zero-order chi connectivity index (χ0) is 4.99. The van der Waals surface area contributed by atoms with Gasteiger partial charge in [0.1, 0.15) is 0 Å². The molecular formula is H3N5O2. The lowest BCUT2D eigenvalue weighted by molar-refractivity contribution is -0.488. The van der Waals surface area contributed by atoms with Crippen molar-refractivity contribution in [2.45, 2.75) is 0 Å². The van der Waals surface area contributed by atoms with Crippen molar-refractivity contribution < 1.29 is 5.03 Å². The maximum Gasteiger partial charge on any atom is 0.261 e. The highest BCUT2D eigenvalue weighted by Crippen LogP contribution is 1.65. The van der Waals surface area contributed by atoms with Gasteiger partial charge in [-0.1, -0.05) is 0 Å². The van der Waals surface area contributed by atoms with Crippen molar-refractivity contribution in [2.75, 3.05) is 0 Å². The third kappa shape index (κ3) is 11.9. The molecule has 7 heteroatoms. The zero-order valence-corrected chi connectivity index (χ0v) is 3.31. The van der Waals surface area contributed by atoms with Gasteiger partial charge in [-0.15, -0.1) is 0 Å². The van der Waals surface area contributed by atoms with Gasteiger partial charge in [0, 0.05) is 5.53 Å². The molecule has 0 aliphatic carbocycles. The van der Waals surface area contributed by atoms with Crippen molar-refractivity contribution in [3.63, 3.8) is 0 Å². The summed E-state index contributed by atoms with van der Waals surface area (Å²) in [5, 5.41) is 9.90. The maximum absolute atomic E-state index is 8.98. The third-order valence-electron chi connectivity index (χ3n) is 0.113. The molecule has 0 bridgehead atoms. The summed E-state index contributed by atoms with van der Waals surface area (Å²) in [7, 11) is 0. The van der Waals surface area contributed by atoms with E-state index in [1.807, 2.05) is 10.1 Å². The van der Waals surface area contributed by atoms with Crippen LogP contribution in [0.25, 0.3) is 10.4 Å². The lowest BCUT2D eigenvalue weighted by atomic mass is 12.6. The van der Waals surface area contributed by atoms with Gasteiger partial charge in [-0.25, -0.2) is 10.1 Å². The van der Waals surface area contributed by atoms with E-state index in [0.717, 1.165) is 0 Å². The summed E-state index contributed by atoms with van der Waals surface area (Å²) in [6.07, 6.45) is 0. The van der Waals surface area contributed by atoms with Gasteiger partial charge in [0.2, 0.25) is 0 Å². The molecule has 0 saturated carbocycles. The lowest BCUT2D eigenvalue weighted by Gasteiger charge is -1.61. The molecule has 0 aliphatic heterocycles. The molecule has 0 aromatic carbocycles. The molecule has 0 spiro atoms. The molecule has 0 unspecified atom stereocenters. The van der Waals surface area contributed by atoms with Gasteiger partial charge in [-0.2, -0.15) is 0 Å². The summed E-state index contributed by atoms with van der Waals surface area (Å²) in [5.41, 5.74) is 7.25. The van der Waals surface area contributed by atoms with Crippen LogP contribution in [0.4, 0.5) is 0 Å². The first-order valence-electron chi connectivity index (χ1n) is 0.965. The molecule has 40 valence electrons. The molecule has 0 rings (SSSR count). The predicted molar refractivity (Wildman–Crippen MR) is 21.2 cm³/mol. The normalized spacial score (nSPS) is 5.14. The first-order chi connectivity index (χ1) is 2.77. The fourth-order valence-electron chi connectivity index (χ4n) is 0.0327. The fourth-order valence-corrected chi connectivity index (χ4v) is 0.0327. The van der Waals surface area contributed by atoms with Crippen molar-refractivity contribution in [1.82, 2.24) is 6.15 Å². The Labute approximate surface area is 38.3 Å². The van der Waals surface area contributed by atoms with E-state index in [-0.39, 0.29) is 6.15 Å². The van der Waals surface area contributed by atoms with Crippen LogP contribution in [0.3, 0.4) is 0 Å². The number of azide groups is 1. The van der Waals surface area contributed by atoms with Crippen LogP contribution in [0.15, 0.2) is 5.22 Å². The standard InChI is InChI=1S/N4O2.H3N/c1-2-3-4(5)6;/h;1H3. The van der Waals surface area contributed by atoms with E-state index in [2.05, 4.69) is 0 Å². The molecule has 0 fully saturated rings. The Bertz CT molecular complexity index is 98.6. The summed E-state index contributed by atoms with van der Waals surface area (Å²) < 4.78 is 0. The summed E-state index contributed by atoms with van der Waals surface area (Å²) >= 11 is 0. The molecule has 3 N–H and O–H groups in total. The topological polar surface area (TPSA) is 127 Å². The van der Waals surface area contributed by atoms with Gasteiger partial charge < -0.3 is 6.15 Å². The SMILES string of the molecule is N.[N-]=[N+]=N[N+](=O)[O-]. The number of hydrogen-bond donors (Lipinski definition) is 1. The second kappa shape index (κ2) is 4.67. The Balaban J connectivity index is 0. The van der Waals surface area contributed by atoms with Gasteiger partial charge in [0.25, 0.3) is 5.22 Å². The molecule has 7 nitrogen and oxygen atoms in total. The molecule has 0 amide bonds. The third-order valence-corrected chi connectivity index (χ3v) is 0.113. The minimum absolute atomic E-state index is 0. The van der Waals surface area contributed by atoms with Crippen molar-refractivity contribution in [3.8, 4) is 0 Å². The number of nitro groups is 1. The largest absolute Gasteiger partial charge is 0.344 e. The highest BCUT2D eigenvalue weighted by Gasteiger charge is 1.77. The van der Waals surface area contributed by atoms with E-state index in [0.29, 0.717) is 0 Å². The molecule has 0 radical (unpaired) electrons. The van der Waals surface area contributed by atoms with Crippen molar-refractivity contribution in [2.24, 2.45) is 5.22 Å². The minimum atomic E-state index is -1.11. The molecule has 7 heavy (non-hydrogen) atoms. The zero-order valence-electron chi connectivity index (χ0n) is 3.31. The average molecular weight is 105 g/mol. The number of hydrogen-bond acceptors (Lipinski definition) is 3. The fraction of sp³-hybridized carbons (Fsp3) is 0. The summed E-state index contributed by atoms with van der Waals surface area (Å²) in [5.74, 6) is 0. The molecule has 0 atom stereocenters. The molecule has 0 heterocycles. The van der Waals surface area contributed by atoms with Crippen molar-refractivity contribution in [1.29, 1.82) is 0 Å². The highest BCUT2D eigenvalue weighted by atomic mass is 16.7. The van der Waals surface area contributed by atoms with E-state index in [1.165, 1.54) is 0 Å². The summed E-state index contributed by atoms with van der Waals surface area (Å²) in [6, 6.07) is 0. The van der Waals surface area contributed by atoms with Gasteiger partial charge in [0.15, 0.2) is 5.03 Å². The molecule has 0 saturated heterocycles. The predicted octanol–water partition coefficient (Wildman–Crippen LogP) is 0.650. The Kier molecular flexibility index (Phi) is 6.12. The Morgan fingerprint density at radius 3 is 2.29 bits per heavy atom. The average Bonchev–Trinajstić information content (AvgIpc) is 1.35.